The Hall–Kier alpha value is -2.42. The number of nitrogens with one attached hydrogen (secondary N) is 2. The van der Waals surface area contributed by atoms with Crippen LogP contribution in [0.5, 0.6) is 0 Å². The van der Waals surface area contributed by atoms with Gasteiger partial charge in [0.15, 0.2) is 0 Å². The lowest BCUT2D eigenvalue weighted by Crippen LogP contribution is -2.47. The highest BCUT2D eigenvalue weighted by Crippen LogP contribution is 2.27. The molecule has 0 saturated carbocycles. The van der Waals surface area contributed by atoms with Gasteiger partial charge in [0, 0.05) is 13.1 Å². The molecule has 8 heteroatoms. The maximum atomic E-state index is 13.0. The van der Waals surface area contributed by atoms with Gasteiger partial charge in [0.2, 0.25) is 15.9 Å². The third-order valence-electron chi connectivity index (χ3n) is 4.80. The zero-order valence-corrected chi connectivity index (χ0v) is 17.5. The molecule has 1 atom stereocenters. The number of morpholine rings is 1. The Balaban J connectivity index is 1.79. The summed E-state index contributed by atoms with van der Waals surface area (Å²) in [6, 6.07) is 14.7. The number of anilines is 2. The number of carbonyl (C=O) groups excluding carboxylic acids is 1. The second-order valence-electron chi connectivity index (χ2n) is 7.26. The number of benzene rings is 2. The molecule has 0 bridgehead atoms. The number of nitrogens with zero attached hydrogens (tertiary/aromatic N) is 1. The summed E-state index contributed by atoms with van der Waals surface area (Å²) in [5.41, 5.74) is 1.56. The number of para-hydroxylation sites is 2. The van der Waals surface area contributed by atoms with Crippen molar-refractivity contribution in [3.63, 3.8) is 0 Å². The second kappa shape index (κ2) is 9.39. The van der Waals surface area contributed by atoms with E-state index in [4.69, 9.17) is 4.74 Å². The summed E-state index contributed by atoms with van der Waals surface area (Å²) in [7, 11) is -3.81. The van der Waals surface area contributed by atoms with E-state index < -0.39 is 16.1 Å². The minimum atomic E-state index is -3.81. The van der Waals surface area contributed by atoms with Gasteiger partial charge in [0.1, 0.15) is 6.04 Å². The van der Waals surface area contributed by atoms with Crippen molar-refractivity contribution in [3.05, 3.63) is 54.6 Å². The molecule has 3 rings (SSSR count). The van der Waals surface area contributed by atoms with E-state index in [1.165, 1.54) is 12.1 Å². The lowest BCUT2D eigenvalue weighted by Gasteiger charge is -2.31. The maximum Gasteiger partial charge on any atom is 0.242 e. The second-order valence-corrected chi connectivity index (χ2v) is 8.98. The van der Waals surface area contributed by atoms with Crippen LogP contribution < -0.4 is 14.9 Å². The summed E-state index contributed by atoms with van der Waals surface area (Å²) >= 11 is 0. The Bertz CT molecular complexity index is 926. The van der Waals surface area contributed by atoms with Gasteiger partial charge in [-0.1, -0.05) is 44.2 Å². The van der Waals surface area contributed by atoms with Gasteiger partial charge in [0.05, 0.1) is 29.5 Å². The summed E-state index contributed by atoms with van der Waals surface area (Å²) in [5.74, 6) is -0.621. The molecule has 1 fully saturated rings. The Kier molecular flexibility index (Phi) is 6.89. The molecule has 1 saturated heterocycles. The molecule has 0 unspecified atom stereocenters. The van der Waals surface area contributed by atoms with Crippen molar-refractivity contribution in [2.45, 2.75) is 24.8 Å². The van der Waals surface area contributed by atoms with Crippen molar-refractivity contribution in [2.24, 2.45) is 5.92 Å². The van der Waals surface area contributed by atoms with E-state index in [0.29, 0.717) is 18.9 Å². The zero-order valence-electron chi connectivity index (χ0n) is 16.7. The van der Waals surface area contributed by atoms with Crippen LogP contribution in [-0.2, 0) is 19.6 Å². The number of hydrogen-bond donors (Lipinski definition) is 2. The first kappa shape index (κ1) is 21.3. The number of amides is 1. The van der Waals surface area contributed by atoms with Crippen LogP contribution in [0.2, 0.25) is 0 Å². The molecule has 1 heterocycles. The van der Waals surface area contributed by atoms with Crippen LogP contribution in [-0.4, -0.2) is 46.7 Å². The Morgan fingerprint density at radius 3 is 2.28 bits per heavy atom. The van der Waals surface area contributed by atoms with E-state index in [-0.39, 0.29) is 16.7 Å². The summed E-state index contributed by atoms with van der Waals surface area (Å²) in [6.07, 6.45) is 0. The molecule has 0 aliphatic carbocycles. The third-order valence-corrected chi connectivity index (χ3v) is 6.26. The van der Waals surface area contributed by atoms with E-state index in [1.54, 1.807) is 18.2 Å². The van der Waals surface area contributed by atoms with E-state index in [0.717, 1.165) is 18.8 Å². The first-order valence-corrected chi connectivity index (χ1v) is 11.2. The highest BCUT2D eigenvalue weighted by atomic mass is 32.2. The molecule has 2 aromatic rings. The van der Waals surface area contributed by atoms with Crippen LogP contribution in [0.1, 0.15) is 13.8 Å². The topological polar surface area (TPSA) is 87.7 Å². The predicted octanol–water partition coefficient (Wildman–Crippen LogP) is 2.46. The number of rotatable bonds is 7. The monoisotopic (exact) mass is 417 g/mol. The Morgan fingerprint density at radius 2 is 1.62 bits per heavy atom. The van der Waals surface area contributed by atoms with Crippen molar-refractivity contribution in [3.8, 4) is 0 Å². The normalized spacial score (nSPS) is 15.9. The SMILES string of the molecule is CC(C)[C@H](NS(=O)(=O)c1ccccc1)C(=O)Nc1ccccc1N1CCOCC1. The van der Waals surface area contributed by atoms with E-state index in [2.05, 4.69) is 14.9 Å². The van der Waals surface area contributed by atoms with Crippen molar-refractivity contribution >= 4 is 27.3 Å². The molecule has 156 valence electrons. The number of ether oxygens (including phenoxy) is 1. The summed E-state index contributed by atoms with van der Waals surface area (Å²) in [6.45, 7) is 6.36. The fourth-order valence-corrected chi connectivity index (χ4v) is 4.56. The van der Waals surface area contributed by atoms with E-state index in [1.807, 2.05) is 38.1 Å². The predicted molar refractivity (Wildman–Crippen MR) is 113 cm³/mol. The maximum absolute atomic E-state index is 13.0. The van der Waals surface area contributed by atoms with Crippen LogP contribution in [0.3, 0.4) is 0 Å². The average molecular weight is 418 g/mol. The largest absolute Gasteiger partial charge is 0.378 e. The van der Waals surface area contributed by atoms with Gasteiger partial charge in [-0.2, -0.15) is 4.72 Å². The van der Waals surface area contributed by atoms with Crippen molar-refractivity contribution in [1.29, 1.82) is 0 Å². The molecule has 2 aromatic carbocycles. The molecule has 0 spiro atoms. The van der Waals surface area contributed by atoms with Gasteiger partial charge < -0.3 is 15.0 Å². The van der Waals surface area contributed by atoms with Crippen molar-refractivity contribution in [2.75, 3.05) is 36.5 Å². The average Bonchev–Trinajstić information content (AvgIpc) is 2.73. The van der Waals surface area contributed by atoms with Gasteiger partial charge >= 0.3 is 0 Å². The smallest absolute Gasteiger partial charge is 0.242 e. The summed E-state index contributed by atoms with van der Waals surface area (Å²) in [4.78, 5) is 15.3. The van der Waals surface area contributed by atoms with Crippen LogP contribution in [0.15, 0.2) is 59.5 Å². The molecule has 1 amide bonds. The van der Waals surface area contributed by atoms with E-state index in [9.17, 15) is 13.2 Å². The number of sulfonamides is 1. The lowest BCUT2D eigenvalue weighted by atomic mass is 10.0. The molecule has 29 heavy (non-hydrogen) atoms. The number of hydrogen-bond acceptors (Lipinski definition) is 5. The minimum Gasteiger partial charge on any atom is -0.378 e. The van der Waals surface area contributed by atoms with Crippen molar-refractivity contribution in [1.82, 2.24) is 4.72 Å². The minimum absolute atomic E-state index is 0.132. The van der Waals surface area contributed by atoms with Gasteiger partial charge in [-0.05, 0) is 30.2 Å². The molecular formula is C21H27N3O4S. The first-order valence-electron chi connectivity index (χ1n) is 9.68. The molecule has 2 N–H and O–H groups in total. The third kappa shape index (κ3) is 5.35. The van der Waals surface area contributed by atoms with Crippen molar-refractivity contribution < 1.29 is 17.9 Å². The van der Waals surface area contributed by atoms with Crippen LogP contribution in [0, 0.1) is 5.92 Å². The van der Waals surface area contributed by atoms with Crippen LogP contribution >= 0.6 is 0 Å². The van der Waals surface area contributed by atoms with Gasteiger partial charge in [-0.15, -0.1) is 0 Å². The van der Waals surface area contributed by atoms with Crippen LogP contribution in [0.25, 0.3) is 0 Å². The molecule has 0 radical (unpaired) electrons. The standard InChI is InChI=1S/C21H27N3O4S/c1-16(2)20(23-29(26,27)17-8-4-3-5-9-17)21(25)22-18-10-6-7-11-19(18)24-12-14-28-15-13-24/h3-11,16,20,23H,12-15H2,1-2H3,(H,22,25)/t20-/m0/s1. The number of carbonyl (C=O) groups is 1. The summed E-state index contributed by atoms with van der Waals surface area (Å²) < 4.78 is 33.4. The highest BCUT2D eigenvalue weighted by molar-refractivity contribution is 7.89. The molecule has 7 nitrogen and oxygen atoms in total. The molecule has 0 aromatic heterocycles. The first-order chi connectivity index (χ1) is 13.9. The molecule has 1 aliphatic rings. The van der Waals surface area contributed by atoms with Gasteiger partial charge in [0.25, 0.3) is 0 Å². The van der Waals surface area contributed by atoms with E-state index >= 15 is 0 Å². The molecule has 1 aliphatic heterocycles. The fraction of sp³-hybridized carbons (Fsp3) is 0.381. The lowest BCUT2D eigenvalue weighted by molar-refractivity contribution is -0.118. The molecular weight excluding hydrogens is 390 g/mol. The summed E-state index contributed by atoms with van der Waals surface area (Å²) in [5, 5.41) is 2.91. The van der Waals surface area contributed by atoms with Gasteiger partial charge in [-0.25, -0.2) is 8.42 Å². The van der Waals surface area contributed by atoms with Gasteiger partial charge in [-0.3, -0.25) is 4.79 Å². The quantitative estimate of drug-likeness (QED) is 0.723. The highest BCUT2D eigenvalue weighted by Gasteiger charge is 2.29. The zero-order chi connectivity index (χ0) is 20.9. The fourth-order valence-electron chi connectivity index (χ4n) is 3.20. The van der Waals surface area contributed by atoms with Crippen LogP contribution in [0.4, 0.5) is 11.4 Å². The Labute approximate surface area is 172 Å². The Morgan fingerprint density at radius 1 is 1.00 bits per heavy atom.